The highest BCUT2D eigenvalue weighted by Gasteiger charge is 2.38. The SMILES string of the molecule is CC.COCCCC(=O)NCC(=O)N1C(C)CCC1C(=O)NCc1cc(C(=N)N)cs1. The van der Waals surface area contributed by atoms with E-state index in [-0.39, 0.29) is 36.1 Å². The normalized spacial score (nSPS) is 17.5. The zero-order chi connectivity index (χ0) is 23.4. The van der Waals surface area contributed by atoms with Crippen LogP contribution >= 0.6 is 11.3 Å². The van der Waals surface area contributed by atoms with Crippen molar-refractivity contribution < 1.29 is 19.1 Å². The molecule has 1 fully saturated rings. The Kier molecular flexibility index (Phi) is 11.8. The van der Waals surface area contributed by atoms with Crippen molar-refractivity contribution >= 4 is 34.9 Å². The van der Waals surface area contributed by atoms with E-state index in [1.807, 2.05) is 20.8 Å². The minimum Gasteiger partial charge on any atom is -0.385 e. The van der Waals surface area contributed by atoms with Crippen LogP contribution in [0.2, 0.25) is 0 Å². The van der Waals surface area contributed by atoms with Gasteiger partial charge in [-0.05, 0) is 32.3 Å². The highest BCUT2D eigenvalue weighted by Crippen LogP contribution is 2.24. The molecule has 1 aromatic rings. The maximum atomic E-state index is 12.7. The molecule has 0 saturated carbocycles. The van der Waals surface area contributed by atoms with Crippen LogP contribution in [-0.4, -0.2) is 60.8 Å². The summed E-state index contributed by atoms with van der Waals surface area (Å²) < 4.78 is 4.91. The summed E-state index contributed by atoms with van der Waals surface area (Å²) in [5.74, 6) is -0.691. The Hall–Kier alpha value is -2.46. The molecule has 0 spiro atoms. The summed E-state index contributed by atoms with van der Waals surface area (Å²) >= 11 is 1.42. The number of amides is 3. The Morgan fingerprint density at radius 1 is 1.29 bits per heavy atom. The minimum atomic E-state index is -0.546. The molecule has 9 nitrogen and oxygen atoms in total. The number of carbonyl (C=O) groups is 3. The zero-order valence-electron chi connectivity index (χ0n) is 18.8. The molecule has 0 aromatic carbocycles. The van der Waals surface area contributed by atoms with E-state index >= 15 is 0 Å². The van der Waals surface area contributed by atoms with Crippen molar-refractivity contribution in [2.24, 2.45) is 5.73 Å². The van der Waals surface area contributed by atoms with Crippen molar-refractivity contribution in [1.29, 1.82) is 5.41 Å². The van der Waals surface area contributed by atoms with E-state index < -0.39 is 6.04 Å². The molecule has 2 atom stereocenters. The predicted molar refractivity (Wildman–Crippen MR) is 122 cm³/mol. The predicted octanol–water partition coefficient (Wildman–Crippen LogP) is 1.60. The molecule has 31 heavy (non-hydrogen) atoms. The number of amidine groups is 1. The number of nitrogens with zero attached hydrogens (tertiary/aromatic N) is 1. The molecule has 1 saturated heterocycles. The second kappa shape index (κ2) is 13.8. The molecule has 1 aliphatic heterocycles. The molecule has 2 rings (SSSR count). The number of nitrogens with two attached hydrogens (primary N) is 1. The van der Waals surface area contributed by atoms with Crippen molar-refractivity contribution in [1.82, 2.24) is 15.5 Å². The molecule has 1 aliphatic rings. The third kappa shape index (κ3) is 8.29. The topological polar surface area (TPSA) is 138 Å². The van der Waals surface area contributed by atoms with Gasteiger partial charge in [0.1, 0.15) is 11.9 Å². The maximum absolute atomic E-state index is 12.7. The van der Waals surface area contributed by atoms with Crippen molar-refractivity contribution in [3.05, 3.63) is 21.9 Å². The molecule has 3 amide bonds. The standard InChI is InChI=1S/C19H29N5O4S.C2H6/c1-12-5-6-15(19(27)23-9-14-8-13(11-29-14)18(20)21)24(12)17(26)10-22-16(25)4-3-7-28-2;1-2/h8,11-12,15H,3-7,9-10H2,1-2H3,(H3,20,21)(H,22,25)(H,23,27);1-2H3. The molecule has 0 radical (unpaired) electrons. The van der Waals surface area contributed by atoms with E-state index in [2.05, 4.69) is 10.6 Å². The minimum absolute atomic E-state index is 0.00974. The lowest BCUT2D eigenvalue weighted by Crippen LogP contribution is -2.51. The summed E-state index contributed by atoms with van der Waals surface area (Å²) in [5.41, 5.74) is 6.09. The molecule has 2 heterocycles. The second-order valence-corrected chi connectivity index (χ2v) is 8.05. The zero-order valence-corrected chi connectivity index (χ0v) is 19.6. The molecule has 174 valence electrons. The van der Waals surface area contributed by atoms with Gasteiger partial charge in [-0.15, -0.1) is 11.3 Å². The first-order chi connectivity index (χ1) is 14.8. The number of methoxy groups -OCH3 is 1. The summed E-state index contributed by atoms with van der Waals surface area (Å²) in [4.78, 5) is 39.6. The van der Waals surface area contributed by atoms with Gasteiger partial charge in [0, 0.05) is 42.0 Å². The van der Waals surface area contributed by atoms with Crippen LogP contribution < -0.4 is 16.4 Å². The van der Waals surface area contributed by atoms with Crippen LogP contribution in [0.4, 0.5) is 0 Å². The van der Waals surface area contributed by atoms with Crippen LogP contribution in [0.5, 0.6) is 0 Å². The summed E-state index contributed by atoms with van der Waals surface area (Å²) in [5, 5.41) is 14.7. The Morgan fingerprint density at radius 3 is 2.61 bits per heavy atom. The number of carbonyl (C=O) groups excluding carboxylic acids is 3. The van der Waals surface area contributed by atoms with E-state index in [0.29, 0.717) is 38.0 Å². The van der Waals surface area contributed by atoms with E-state index in [1.54, 1.807) is 23.5 Å². The largest absolute Gasteiger partial charge is 0.385 e. The number of likely N-dealkylation sites (tertiary alicyclic amines) is 1. The molecule has 0 bridgehead atoms. The monoisotopic (exact) mass is 453 g/mol. The lowest BCUT2D eigenvalue weighted by atomic mass is 10.2. The fourth-order valence-corrected chi connectivity index (χ4v) is 4.12. The van der Waals surface area contributed by atoms with Gasteiger partial charge in [-0.25, -0.2) is 0 Å². The van der Waals surface area contributed by atoms with Crippen LogP contribution in [0.15, 0.2) is 11.4 Å². The Bertz CT molecular complexity index is 752. The molecule has 10 heteroatoms. The fourth-order valence-electron chi connectivity index (χ4n) is 3.30. The highest BCUT2D eigenvalue weighted by molar-refractivity contribution is 7.10. The van der Waals surface area contributed by atoms with Crippen molar-refractivity contribution in [3.8, 4) is 0 Å². The lowest BCUT2D eigenvalue weighted by Gasteiger charge is -2.28. The van der Waals surface area contributed by atoms with Gasteiger partial charge in [0.05, 0.1) is 13.1 Å². The van der Waals surface area contributed by atoms with Crippen molar-refractivity contribution in [2.75, 3.05) is 20.3 Å². The summed E-state index contributed by atoms with van der Waals surface area (Å²) in [6.45, 7) is 6.60. The average Bonchev–Trinajstić information content (AvgIpc) is 3.39. The first-order valence-corrected chi connectivity index (χ1v) is 11.5. The Morgan fingerprint density at radius 2 is 2.00 bits per heavy atom. The quantitative estimate of drug-likeness (QED) is 0.242. The molecular formula is C21H35N5O4S. The number of ether oxygens (including phenoxy) is 1. The molecular weight excluding hydrogens is 418 g/mol. The Labute approximate surface area is 188 Å². The number of rotatable bonds is 10. The molecule has 1 aromatic heterocycles. The molecule has 5 N–H and O–H groups in total. The van der Waals surface area contributed by atoms with Gasteiger partial charge in [-0.3, -0.25) is 19.8 Å². The number of thiophene rings is 1. The van der Waals surface area contributed by atoms with Gasteiger partial charge in [-0.2, -0.15) is 0 Å². The van der Waals surface area contributed by atoms with Gasteiger partial charge >= 0.3 is 0 Å². The lowest BCUT2D eigenvalue weighted by molar-refractivity contribution is -0.140. The van der Waals surface area contributed by atoms with Gasteiger partial charge in [0.25, 0.3) is 0 Å². The van der Waals surface area contributed by atoms with Gasteiger partial charge in [0.2, 0.25) is 17.7 Å². The van der Waals surface area contributed by atoms with E-state index in [0.717, 1.165) is 11.3 Å². The third-order valence-corrected chi connectivity index (χ3v) is 5.79. The highest BCUT2D eigenvalue weighted by atomic mass is 32.1. The van der Waals surface area contributed by atoms with Crippen LogP contribution in [0.25, 0.3) is 0 Å². The van der Waals surface area contributed by atoms with Crippen molar-refractivity contribution in [2.45, 2.75) is 65.1 Å². The average molecular weight is 454 g/mol. The van der Waals surface area contributed by atoms with Crippen LogP contribution in [0.1, 0.15) is 56.9 Å². The fraction of sp³-hybridized carbons (Fsp3) is 0.619. The second-order valence-electron chi connectivity index (χ2n) is 7.05. The third-order valence-electron chi connectivity index (χ3n) is 4.85. The van der Waals surface area contributed by atoms with Crippen LogP contribution in [-0.2, 0) is 25.7 Å². The first kappa shape index (κ1) is 26.6. The number of hydrogen-bond donors (Lipinski definition) is 4. The number of nitrogens with one attached hydrogen (secondary N) is 3. The maximum Gasteiger partial charge on any atom is 0.243 e. The smallest absolute Gasteiger partial charge is 0.243 e. The summed E-state index contributed by atoms with van der Waals surface area (Å²) in [6.07, 6.45) is 2.21. The first-order valence-electron chi connectivity index (χ1n) is 10.6. The van der Waals surface area contributed by atoms with Gasteiger partial charge < -0.3 is 26.0 Å². The summed E-state index contributed by atoms with van der Waals surface area (Å²) in [7, 11) is 1.57. The molecule has 0 aliphatic carbocycles. The van der Waals surface area contributed by atoms with Gasteiger partial charge in [-0.1, -0.05) is 13.8 Å². The van der Waals surface area contributed by atoms with Gasteiger partial charge in [0.15, 0.2) is 0 Å². The van der Waals surface area contributed by atoms with Crippen molar-refractivity contribution in [3.63, 3.8) is 0 Å². The number of nitrogen functional groups attached to an aromatic ring is 1. The summed E-state index contributed by atoms with van der Waals surface area (Å²) in [6, 6.07) is 1.16. The van der Waals surface area contributed by atoms with E-state index in [9.17, 15) is 14.4 Å². The van der Waals surface area contributed by atoms with Crippen LogP contribution in [0, 0.1) is 5.41 Å². The number of hydrogen-bond acceptors (Lipinski definition) is 6. The van der Waals surface area contributed by atoms with E-state index in [4.69, 9.17) is 15.9 Å². The van der Waals surface area contributed by atoms with E-state index in [1.165, 1.54) is 11.3 Å². The Balaban J connectivity index is 0.00000233. The van der Waals surface area contributed by atoms with Crippen LogP contribution in [0.3, 0.4) is 0 Å². The molecule has 2 unspecified atom stereocenters.